The lowest BCUT2D eigenvalue weighted by atomic mass is 9.85. The van der Waals surface area contributed by atoms with Crippen molar-refractivity contribution in [1.29, 1.82) is 0 Å². The quantitative estimate of drug-likeness (QED) is 0.783. The van der Waals surface area contributed by atoms with Crippen molar-refractivity contribution in [2.75, 3.05) is 7.11 Å². The summed E-state index contributed by atoms with van der Waals surface area (Å²) in [6, 6.07) is 1.56. The van der Waals surface area contributed by atoms with Crippen LogP contribution in [0.25, 0.3) is 5.65 Å². The van der Waals surface area contributed by atoms with Gasteiger partial charge in [0.1, 0.15) is 5.82 Å². The third-order valence-electron chi connectivity index (χ3n) is 3.38. The molecule has 0 aliphatic heterocycles. The molecule has 0 atom stereocenters. The number of hydrogen-bond acceptors (Lipinski definition) is 4. The van der Waals surface area contributed by atoms with Gasteiger partial charge in [0, 0.05) is 12.1 Å². The van der Waals surface area contributed by atoms with Crippen molar-refractivity contribution in [3.63, 3.8) is 0 Å². The second-order valence-corrected chi connectivity index (χ2v) is 4.86. The predicted octanol–water partition coefficient (Wildman–Crippen LogP) is 2.44. The maximum Gasteiger partial charge on any atom is 0.339 e. The zero-order valence-corrected chi connectivity index (χ0v) is 10.6. The predicted molar refractivity (Wildman–Crippen MR) is 65.9 cm³/mol. The average Bonchev–Trinajstić information content (AvgIpc) is 2.70. The highest BCUT2D eigenvalue weighted by atomic mass is 35.5. The number of methoxy groups -OCH3 is 1. The van der Waals surface area contributed by atoms with E-state index >= 15 is 0 Å². The summed E-state index contributed by atoms with van der Waals surface area (Å²) < 4.78 is 6.51. The van der Waals surface area contributed by atoms with Crippen molar-refractivity contribution in [3.8, 4) is 0 Å². The monoisotopic (exact) mass is 265 g/mol. The van der Waals surface area contributed by atoms with E-state index in [9.17, 15) is 4.79 Å². The summed E-state index contributed by atoms with van der Waals surface area (Å²) >= 11 is 6.11. The number of carbonyl (C=O) groups is 1. The lowest BCUT2D eigenvalue weighted by Crippen LogP contribution is -2.13. The van der Waals surface area contributed by atoms with E-state index < -0.39 is 5.97 Å². The van der Waals surface area contributed by atoms with Crippen molar-refractivity contribution in [2.45, 2.75) is 25.2 Å². The van der Waals surface area contributed by atoms with Gasteiger partial charge in [0.15, 0.2) is 5.65 Å². The fraction of sp³-hybridized carbons (Fsp3) is 0.417. The lowest BCUT2D eigenvalue weighted by Gasteiger charge is -2.23. The number of pyridine rings is 1. The highest BCUT2D eigenvalue weighted by Crippen LogP contribution is 2.36. The number of halogens is 1. The van der Waals surface area contributed by atoms with Gasteiger partial charge in [-0.3, -0.25) is 4.40 Å². The molecule has 94 valence electrons. The Bertz CT molecular complexity index is 619. The van der Waals surface area contributed by atoms with Gasteiger partial charge in [0.25, 0.3) is 0 Å². The maximum absolute atomic E-state index is 11.6. The van der Waals surface area contributed by atoms with Crippen LogP contribution < -0.4 is 0 Å². The second kappa shape index (κ2) is 4.24. The van der Waals surface area contributed by atoms with E-state index in [0.717, 1.165) is 18.7 Å². The number of aromatic nitrogens is 3. The lowest BCUT2D eigenvalue weighted by molar-refractivity contribution is 0.0600. The molecule has 1 aliphatic rings. The van der Waals surface area contributed by atoms with Crippen molar-refractivity contribution in [1.82, 2.24) is 14.6 Å². The maximum atomic E-state index is 11.6. The van der Waals surface area contributed by atoms with Gasteiger partial charge in [-0.15, -0.1) is 10.2 Å². The number of esters is 1. The molecule has 5 nitrogen and oxygen atoms in total. The van der Waals surface area contributed by atoms with E-state index in [1.165, 1.54) is 13.5 Å². The van der Waals surface area contributed by atoms with Crippen molar-refractivity contribution < 1.29 is 9.53 Å². The Morgan fingerprint density at radius 1 is 1.50 bits per heavy atom. The third-order valence-corrected chi connectivity index (χ3v) is 3.66. The molecular formula is C12H12ClN3O2. The van der Waals surface area contributed by atoms with Crippen LogP contribution in [-0.2, 0) is 4.74 Å². The molecule has 0 unspecified atom stereocenters. The molecule has 0 bridgehead atoms. The van der Waals surface area contributed by atoms with Crippen molar-refractivity contribution >= 4 is 23.2 Å². The summed E-state index contributed by atoms with van der Waals surface area (Å²) in [5, 5.41) is 8.67. The molecule has 1 saturated carbocycles. The zero-order chi connectivity index (χ0) is 12.7. The molecule has 18 heavy (non-hydrogen) atoms. The van der Waals surface area contributed by atoms with Gasteiger partial charge in [-0.2, -0.15) is 0 Å². The first-order valence-corrected chi connectivity index (χ1v) is 6.21. The van der Waals surface area contributed by atoms with Gasteiger partial charge in [-0.05, 0) is 18.9 Å². The molecule has 2 aromatic heterocycles. The molecular weight excluding hydrogens is 254 g/mol. The molecule has 0 amide bonds. The first-order valence-electron chi connectivity index (χ1n) is 5.83. The molecule has 0 spiro atoms. The number of rotatable bonds is 2. The van der Waals surface area contributed by atoms with Crippen molar-refractivity contribution in [3.05, 3.63) is 28.7 Å². The Kier molecular flexibility index (Phi) is 2.70. The SMILES string of the molecule is COC(=O)c1cc(Cl)c2nnc(C3CCC3)n2c1. The highest BCUT2D eigenvalue weighted by Gasteiger charge is 2.25. The second-order valence-electron chi connectivity index (χ2n) is 4.45. The largest absolute Gasteiger partial charge is 0.465 e. The van der Waals surface area contributed by atoms with E-state index in [1.807, 2.05) is 0 Å². The Labute approximate surface area is 109 Å². The van der Waals surface area contributed by atoms with E-state index in [2.05, 4.69) is 10.2 Å². The molecule has 3 rings (SSSR count). The molecule has 1 fully saturated rings. The van der Waals surface area contributed by atoms with Crippen LogP contribution in [-0.4, -0.2) is 27.7 Å². The topological polar surface area (TPSA) is 56.5 Å². The summed E-state index contributed by atoms with van der Waals surface area (Å²) in [7, 11) is 1.35. The fourth-order valence-electron chi connectivity index (χ4n) is 2.15. The summed E-state index contributed by atoms with van der Waals surface area (Å²) in [6.07, 6.45) is 5.13. The molecule has 0 radical (unpaired) electrons. The fourth-order valence-corrected chi connectivity index (χ4v) is 2.39. The first-order chi connectivity index (χ1) is 8.70. The smallest absolute Gasteiger partial charge is 0.339 e. The van der Waals surface area contributed by atoms with Gasteiger partial charge in [-0.25, -0.2) is 4.79 Å². The summed E-state index contributed by atoms with van der Waals surface area (Å²) in [5.74, 6) is 0.889. The third kappa shape index (κ3) is 1.66. The first kappa shape index (κ1) is 11.5. The van der Waals surface area contributed by atoms with Crippen LogP contribution in [0.2, 0.25) is 5.02 Å². The average molecular weight is 266 g/mol. The summed E-state index contributed by atoms with van der Waals surface area (Å²) in [4.78, 5) is 11.6. The number of hydrogen-bond donors (Lipinski definition) is 0. The minimum atomic E-state index is -0.410. The van der Waals surface area contributed by atoms with E-state index in [4.69, 9.17) is 16.3 Å². The zero-order valence-electron chi connectivity index (χ0n) is 9.89. The van der Waals surface area contributed by atoms with E-state index in [0.29, 0.717) is 22.2 Å². The van der Waals surface area contributed by atoms with Crippen LogP contribution >= 0.6 is 11.6 Å². The normalized spacial score (nSPS) is 15.7. The van der Waals surface area contributed by atoms with Crippen LogP contribution in [0, 0.1) is 0 Å². The number of carbonyl (C=O) groups excluding carboxylic acids is 1. The van der Waals surface area contributed by atoms with Crippen LogP contribution in [0.15, 0.2) is 12.3 Å². The summed E-state index contributed by atoms with van der Waals surface area (Å²) in [5.41, 5.74) is 1.00. The Morgan fingerprint density at radius 3 is 2.89 bits per heavy atom. The molecule has 0 saturated heterocycles. The molecule has 2 aromatic rings. The van der Waals surface area contributed by atoms with Crippen LogP contribution in [0.1, 0.15) is 41.4 Å². The number of ether oxygens (including phenoxy) is 1. The molecule has 2 heterocycles. The molecule has 0 N–H and O–H groups in total. The van der Waals surface area contributed by atoms with Crippen LogP contribution in [0.3, 0.4) is 0 Å². The van der Waals surface area contributed by atoms with Gasteiger partial charge in [-0.1, -0.05) is 18.0 Å². The Morgan fingerprint density at radius 2 is 2.28 bits per heavy atom. The van der Waals surface area contributed by atoms with E-state index in [1.54, 1.807) is 16.7 Å². The minimum absolute atomic E-state index is 0.410. The van der Waals surface area contributed by atoms with Gasteiger partial charge >= 0.3 is 5.97 Å². The Balaban J connectivity index is 2.16. The highest BCUT2D eigenvalue weighted by molar-refractivity contribution is 6.33. The number of nitrogens with zero attached hydrogens (tertiary/aromatic N) is 3. The number of fused-ring (bicyclic) bond motifs is 1. The van der Waals surface area contributed by atoms with Gasteiger partial charge in [0.2, 0.25) is 0 Å². The standard InChI is InChI=1S/C12H12ClN3O2/c1-18-12(17)8-5-9(13)11-15-14-10(16(11)6-8)7-3-2-4-7/h5-7H,2-4H2,1H3. The van der Waals surface area contributed by atoms with Crippen LogP contribution in [0.4, 0.5) is 0 Å². The molecule has 6 heteroatoms. The molecule has 1 aliphatic carbocycles. The Hall–Kier alpha value is -1.62. The van der Waals surface area contributed by atoms with Gasteiger partial charge in [0.05, 0.1) is 17.7 Å². The van der Waals surface area contributed by atoms with Gasteiger partial charge < -0.3 is 4.74 Å². The summed E-state index contributed by atoms with van der Waals surface area (Å²) in [6.45, 7) is 0. The minimum Gasteiger partial charge on any atom is -0.465 e. The van der Waals surface area contributed by atoms with Crippen LogP contribution in [0.5, 0.6) is 0 Å². The van der Waals surface area contributed by atoms with E-state index in [-0.39, 0.29) is 0 Å². The van der Waals surface area contributed by atoms with Crippen molar-refractivity contribution in [2.24, 2.45) is 0 Å². The molecule has 0 aromatic carbocycles.